The van der Waals surface area contributed by atoms with Crippen LogP contribution in [0.25, 0.3) is 0 Å². The van der Waals surface area contributed by atoms with Gasteiger partial charge < -0.3 is 9.47 Å². The summed E-state index contributed by atoms with van der Waals surface area (Å²) >= 11 is 0. The molecule has 0 amide bonds. The smallest absolute Gasteiger partial charge is 0.337 e. The van der Waals surface area contributed by atoms with E-state index in [0.717, 1.165) is 11.1 Å². The Morgan fingerprint density at radius 3 is 2.05 bits per heavy atom. The topological polar surface area (TPSA) is 52.6 Å². The summed E-state index contributed by atoms with van der Waals surface area (Å²) in [5, 5.41) is 0. The van der Waals surface area contributed by atoms with Crippen molar-refractivity contribution in [3.05, 3.63) is 34.9 Å². The molecule has 106 valence electrons. The van der Waals surface area contributed by atoms with Crippen molar-refractivity contribution in [2.45, 2.75) is 33.1 Å². The normalized spacial score (nSPS) is 10.0. The SMILES string of the molecule is COC(=O)c1cc(C)cc(C(C)(C)C)c1.COC=O. The maximum absolute atomic E-state index is 11.4. The molecule has 0 bridgehead atoms. The predicted molar refractivity (Wildman–Crippen MR) is 74.3 cm³/mol. The quantitative estimate of drug-likeness (QED) is 0.610. The molecule has 0 fully saturated rings. The first-order valence-electron chi connectivity index (χ1n) is 5.93. The summed E-state index contributed by atoms with van der Waals surface area (Å²) in [6.07, 6.45) is 0. The lowest BCUT2D eigenvalue weighted by Gasteiger charge is -2.20. The molecule has 0 aromatic heterocycles. The summed E-state index contributed by atoms with van der Waals surface area (Å²) in [5.74, 6) is -0.274. The molecule has 4 nitrogen and oxygen atoms in total. The summed E-state index contributed by atoms with van der Waals surface area (Å²) in [4.78, 5) is 20.4. The second kappa shape index (κ2) is 7.56. The first-order valence-corrected chi connectivity index (χ1v) is 5.93. The molecule has 4 heteroatoms. The minimum Gasteiger partial charge on any atom is -0.471 e. The zero-order chi connectivity index (χ0) is 15.1. The lowest BCUT2D eigenvalue weighted by Crippen LogP contribution is -2.13. The van der Waals surface area contributed by atoms with E-state index in [-0.39, 0.29) is 11.4 Å². The third kappa shape index (κ3) is 6.04. The van der Waals surface area contributed by atoms with E-state index in [1.54, 1.807) is 0 Å². The van der Waals surface area contributed by atoms with E-state index in [1.165, 1.54) is 14.2 Å². The van der Waals surface area contributed by atoms with Gasteiger partial charge in [-0.05, 0) is 35.6 Å². The minimum atomic E-state index is -0.274. The first-order chi connectivity index (χ1) is 8.76. The second-order valence-corrected chi connectivity index (χ2v) is 5.16. The second-order valence-electron chi connectivity index (χ2n) is 5.16. The van der Waals surface area contributed by atoms with Crippen molar-refractivity contribution in [2.24, 2.45) is 0 Å². The number of benzene rings is 1. The zero-order valence-electron chi connectivity index (χ0n) is 12.4. The van der Waals surface area contributed by atoms with Crippen molar-refractivity contribution in [2.75, 3.05) is 14.2 Å². The van der Waals surface area contributed by atoms with Crippen LogP contribution in [0.4, 0.5) is 0 Å². The van der Waals surface area contributed by atoms with E-state index in [0.29, 0.717) is 12.0 Å². The van der Waals surface area contributed by atoms with Crippen molar-refractivity contribution in [3.8, 4) is 0 Å². The van der Waals surface area contributed by atoms with Gasteiger partial charge in [-0.3, -0.25) is 4.79 Å². The highest BCUT2D eigenvalue weighted by molar-refractivity contribution is 5.89. The van der Waals surface area contributed by atoms with Crippen molar-refractivity contribution in [1.82, 2.24) is 0 Å². The van der Waals surface area contributed by atoms with Crippen LogP contribution in [0, 0.1) is 6.92 Å². The van der Waals surface area contributed by atoms with Gasteiger partial charge in [0.1, 0.15) is 0 Å². The predicted octanol–water partition coefficient (Wildman–Crippen LogP) is 2.87. The standard InChI is InChI=1S/C13H18O2.C2H4O2/c1-9-6-10(12(14)15-5)8-11(7-9)13(2,3)4;1-4-2-3/h6-8H,1-5H3;2H,1H3. The zero-order valence-corrected chi connectivity index (χ0v) is 12.4. The third-order valence-electron chi connectivity index (χ3n) is 2.46. The van der Waals surface area contributed by atoms with Gasteiger partial charge in [0, 0.05) is 0 Å². The van der Waals surface area contributed by atoms with Gasteiger partial charge in [-0.1, -0.05) is 26.8 Å². The van der Waals surface area contributed by atoms with Gasteiger partial charge >= 0.3 is 5.97 Å². The maximum Gasteiger partial charge on any atom is 0.337 e. The number of carbonyl (C=O) groups is 2. The largest absolute Gasteiger partial charge is 0.471 e. The van der Waals surface area contributed by atoms with E-state index in [9.17, 15) is 4.79 Å². The number of hydrogen-bond donors (Lipinski definition) is 0. The van der Waals surface area contributed by atoms with Crippen LogP contribution in [0.1, 0.15) is 42.3 Å². The Labute approximate surface area is 114 Å². The Morgan fingerprint density at radius 1 is 1.16 bits per heavy atom. The van der Waals surface area contributed by atoms with E-state index >= 15 is 0 Å². The van der Waals surface area contributed by atoms with Crippen LogP contribution in [0.15, 0.2) is 18.2 Å². The maximum atomic E-state index is 11.4. The van der Waals surface area contributed by atoms with E-state index in [2.05, 4.69) is 31.6 Å². The van der Waals surface area contributed by atoms with E-state index in [1.807, 2.05) is 19.1 Å². The van der Waals surface area contributed by atoms with Gasteiger partial charge in [0.2, 0.25) is 0 Å². The number of aryl methyl sites for hydroxylation is 1. The molecular formula is C15H22O4. The average molecular weight is 266 g/mol. The Morgan fingerprint density at radius 2 is 1.68 bits per heavy atom. The van der Waals surface area contributed by atoms with Gasteiger partial charge in [0.05, 0.1) is 19.8 Å². The number of hydrogen-bond acceptors (Lipinski definition) is 4. The molecule has 0 aliphatic rings. The van der Waals surface area contributed by atoms with Crippen molar-refractivity contribution < 1.29 is 19.1 Å². The molecule has 1 aromatic rings. The molecule has 0 spiro atoms. The Balaban J connectivity index is 0.000000711. The van der Waals surface area contributed by atoms with Crippen molar-refractivity contribution in [1.29, 1.82) is 0 Å². The fourth-order valence-corrected chi connectivity index (χ4v) is 1.45. The fraction of sp³-hybridized carbons (Fsp3) is 0.467. The van der Waals surface area contributed by atoms with Crippen molar-refractivity contribution >= 4 is 12.4 Å². The lowest BCUT2D eigenvalue weighted by atomic mass is 9.85. The van der Waals surface area contributed by atoms with Crippen LogP contribution in [0.5, 0.6) is 0 Å². The van der Waals surface area contributed by atoms with Crippen LogP contribution < -0.4 is 0 Å². The molecule has 0 saturated heterocycles. The van der Waals surface area contributed by atoms with Gasteiger partial charge in [-0.2, -0.15) is 0 Å². The molecule has 0 saturated carbocycles. The summed E-state index contributed by atoms with van der Waals surface area (Å²) in [7, 11) is 2.72. The van der Waals surface area contributed by atoms with E-state index < -0.39 is 0 Å². The molecule has 0 unspecified atom stereocenters. The molecule has 1 rings (SSSR count). The van der Waals surface area contributed by atoms with Crippen LogP contribution in [-0.2, 0) is 19.7 Å². The Bertz CT molecular complexity index is 430. The number of esters is 1. The van der Waals surface area contributed by atoms with Crippen molar-refractivity contribution in [3.63, 3.8) is 0 Å². The molecule has 19 heavy (non-hydrogen) atoms. The highest BCUT2D eigenvalue weighted by Crippen LogP contribution is 2.24. The Kier molecular flexibility index (Phi) is 6.83. The van der Waals surface area contributed by atoms with Gasteiger partial charge in [-0.25, -0.2) is 4.79 Å². The first kappa shape index (κ1) is 17.2. The molecule has 0 radical (unpaired) electrons. The van der Waals surface area contributed by atoms with Gasteiger partial charge in [0.15, 0.2) is 0 Å². The molecule has 0 aliphatic carbocycles. The van der Waals surface area contributed by atoms with Crippen LogP contribution in [-0.4, -0.2) is 26.7 Å². The van der Waals surface area contributed by atoms with Crippen LogP contribution in [0.3, 0.4) is 0 Å². The average Bonchev–Trinajstić information content (AvgIpc) is 2.36. The van der Waals surface area contributed by atoms with Crippen LogP contribution >= 0.6 is 0 Å². The van der Waals surface area contributed by atoms with Crippen LogP contribution in [0.2, 0.25) is 0 Å². The summed E-state index contributed by atoms with van der Waals surface area (Å²) in [6.45, 7) is 8.75. The number of rotatable bonds is 2. The number of methoxy groups -OCH3 is 2. The van der Waals surface area contributed by atoms with Gasteiger partial charge in [-0.15, -0.1) is 0 Å². The lowest BCUT2D eigenvalue weighted by molar-refractivity contribution is -0.126. The highest BCUT2D eigenvalue weighted by atomic mass is 16.5. The summed E-state index contributed by atoms with van der Waals surface area (Å²) in [6, 6.07) is 5.85. The monoisotopic (exact) mass is 266 g/mol. The molecular weight excluding hydrogens is 244 g/mol. The highest BCUT2D eigenvalue weighted by Gasteiger charge is 2.16. The molecule has 0 heterocycles. The fourth-order valence-electron chi connectivity index (χ4n) is 1.45. The molecule has 0 atom stereocenters. The molecule has 0 aliphatic heterocycles. The molecule has 1 aromatic carbocycles. The Hall–Kier alpha value is -1.84. The van der Waals surface area contributed by atoms with Gasteiger partial charge in [0.25, 0.3) is 6.47 Å². The molecule has 0 N–H and O–H groups in total. The van der Waals surface area contributed by atoms with E-state index in [4.69, 9.17) is 9.53 Å². The number of carbonyl (C=O) groups excluding carboxylic acids is 2. The number of ether oxygens (including phenoxy) is 2. The minimum absolute atomic E-state index is 0.0504. The summed E-state index contributed by atoms with van der Waals surface area (Å²) < 4.78 is 8.58. The summed E-state index contributed by atoms with van der Waals surface area (Å²) in [5.41, 5.74) is 2.92. The third-order valence-corrected chi connectivity index (χ3v) is 2.46.